The van der Waals surface area contributed by atoms with Gasteiger partial charge in [-0.1, -0.05) is 38.1 Å². The Hall–Kier alpha value is -3.60. The van der Waals surface area contributed by atoms with Gasteiger partial charge in [0.1, 0.15) is 11.5 Å². The van der Waals surface area contributed by atoms with E-state index in [2.05, 4.69) is 31.3 Å². The Morgan fingerprint density at radius 1 is 0.879 bits per heavy atom. The molecule has 0 bridgehead atoms. The summed E-state index contributed by atoms with van der Waals surface area (Å²) in [6, 6.07) is 20.5. The van der Waals surface area contributed by atoms with Gasteiger partial charge in [0.25, 0.3) is 5.91 Å². The predicted molar refractivity (Wildman–Crippen MR) is 131 cm³/mol. The van der Waals surface area contributed by atoms with Crippen LogP contribution in [0.3, 0.4) is 0 Å². The third kappa shape index (κ3) is 7.21. The second-order valence-electron chi connectivity index (χ2n) is 8.45. The van der Waals surface area contributed by atoms with Crippen LogP contribution in [0.4, 0.5) is 5.69 Å². The van der Waals surface area contributed by atoms with E-state index < -0.39 is 0 Å². The first-order chi connectivity index (χ1) is 15.8. The van der Waals surface area contributed by atoms with Gasteiger partial charge in [0, 0.05) is 17.7 Å². The highest BCUT2D eigenvalue weighted by Crippen LogP contribution is 2.20. The van der Waals surface area contributed by atoms with Crippen molar-refractivity contribution in [2.24, 2.45) is 0 Å². The number of hydrogen-bond acceptors (Lipinski definition) is 4. The van der Waals surface area contributed by atoms with Crippen LogP contribution in [-0.4, -0.2) is 18.5 Å². The summed E-state index contributed by atoms with van der Waals surface area (Å²) in [7, 11) is 0. The maximum Gasteiger partial charge on any atom is 0.311 e. The largest absolute Gasteiger partial charge is 0.494 e. The summed E-state index contributed by atoms with van der Waals surface area (Å²) in [5, 5.41) is 2.92. The monoisotopic (exact) mass is 445 g/mol. The van der Waals surface area contributed by atoms with Gasteiger partial charge < -0.3 is 14.8 Å². The van der Waals surface area contributed by atoms with Crippen LogP contribution >= 0.6 is 0 Å². The maximum absolute atomic E-state index is 12.5. The average Bonchev–Trinajstić information content (AvgIpc) is 2.80. The Balaban J connectivity index is 1.43. The van der Waals surface area contributed by atoms with E-state index in [0.717, 1.165) is 22.6 Å². The molecule has 3 aromatic carbocycles. The van der Waals surface area contributed by atoms with Crippen LogP contribution in [-0.2, 0) is 4.79 Å². The zero-order valence-electron chi connectivity index (χ0n) is 19.7. The molecule has 0 aliphatic rings. The van der Waals surface area contributed by atoms with Gasteiger partial charge in [0.05, 0.1) is 6.61 Å². The van der Waals surface area contributed by atoms with Crippen molar-refractivity contribution in [2.45, 2.75) is 46.5 Å². The van der Waals surface area contributed by atoms with E-state index in [9.17, 15) is 9.59 Å². The molecule has 3 aromatic rings. The van der Waals surface area contributed by atoms with Crippen LogP contribution in [0.5, 0.6) is 11.5 Å². The molecule has 0 saturated carbocycles. The number of amides is 1. The molecule has 0 atom stereocenters. The summed E-state index contributed by atoms with van der Waals surface area (Å²) in [5.74, 6) is 1.15. The normalized spacial score (nSPS) is 10.7. The fourth-order valence-electron chi connectivity index (χ4n) is 3.28. The number of anilines is 1. The molecule has 5 nitrogen and oxygen atoms in total. The van der Waals surface area contributed by atoms with E-state index in [4.69, 9.17) is 9.47 Å². The zero-order chi connectivity index (χ0) is 23.8. The molecule has 3 rings (SSSR count). The fraction of sp³-hybridized carbons (Fsp3) is 0.286. The van der Waals surface area contributed by atoms with Gasteiger partial charge in [0.2, 0.25) is 0 Å². The fourth-order valence-corrected chi connectivity index (χ4v) is 3.28. The van der Waals surface area contributed by atoms with Crippen molar-refractivity contribution in [3.8, 4) is 11.5 Å². The first-order valence-corrected chi connectivity index (χ1v) is 11.2. The van der Waals surface area contributed by atoms with Crippen molar-refractivity contribution < 1.29 is 19.1 Å². The highest BCUT2D eigenvalue weighted by Gasteiger charge is 2.10. The van der Waals surface area contributed by atoms with Crippen LogP contribution in [0.15, 0.2) is 66.7 Å². The van der Waals surface area contributed by atoms with Gasteiger partial charge in [-0.25, -0.2) is 0 Å². The van der Waals surface area contributed by atoms with Crippen LogP contribution in [0, 0.1) is 13.8 Å². The lowest BCUT2D eigenvalue weighted by Gasteiger charge is -2.10. The Morgan fingerprint density at radius 2 is 1.55 bits per heavy atom. The lowest BCUT2D eigenvalue weighted by atomic mass is 10.0. The summed E-state index contributed by atoms with van der Waals surface area (Å²) in [5.41, 5.74) is 4.62. The van der Waals surface area contributed by atoms with Gasteiger partial charge in [0.15, 0.2) is 0 Å². The lowest BCUT2D eigenvalue weighted by Crippen LogP contribution is -2.13. The smallest absolute Gasteiger partial charge is 0.311 e. The Bertz CT molecular complexity index is 1090. The third-order valence-electron chi connectivity index (χ3n) is 5.33. The van der Waals surface area contributed by atoms with Gasteiger partial charge in [-0.05, 0) is 85.3 Å². The molecule has 1 N–H and O–H groups in total. The number of ether oxygens (including phenoxy) is 2. The van der Waals surface area contributed by atoms with Crippen molar-refractivity contribution >= 4 is 17.6 Å². The lowest BCUT2D eigenvalue weighted by molar-refractivity contribution is -0.134. The molecular formula is C28H31NO4. The molecule has 0 unspecified atom stereocenters. The number of rotatable bonds is 9. The van der Waals surface area contributed by atoms with Gasteiger partial charge >= 0.3 is 5.97 Å². The van der Waals surface area contributed by atoms with Gasteiger partial charge in [-0.15, -0.1) is 0 Å². The highest BCUT2D eigenvalue weighted by atomic mass is 16.5. The number of carbonyl (C=O) groups is 2. The number of benzene rings is 3. The summed E-state index contributed by atoms with van der Waals surface area (Å²) < 4.78 is 11.1. The molecule has 0 aromatic heterocycles. The molecular weight excluding hydrogens is 414 g/mol. The maximum atomic E-state index is 12.5. The van der Waals surface area contributed by atoms with Crippen molar-refractivity contribution in [1.29, 1.82) is 0 Å². The van der Waals surface area contributed by atoms with E-state index in [1.807, 2.05) is 44.2 Å². The minimum absolute atomic E-state index is 0.208. The summed E-state index contributed by atoms with van der Waals surface area (Å²) in [6.07, 6.45) is 0.806. The molecule has 0 saturated heterocycles. The van der Waals surface area contributed by atoms with Crippen molar-refractivity contribution in [2.75, 3.05) is 11.9 Å². The second-order valence-corrected chi connectivity index (χ2v) is 8.45. The Morgan fingerprint density at radius 3 is 2.21 bits per heavy atom. The molecule has 0 aliphatic carbocycles. The van der Waals surface area contributed by atoms with E-state index in [-0.39, 0.29) is 18.3 Å². The topological polar surface area (TPSA) is 64.6 Å². The van der Waals surface area contributed by atoms with Crippen LogP contribution in [0.2, 0.25) is 0 Å². The Kier molecular flexibility index (Phi) is 8.25. The van der Waals surface area contributed by atoms with Crippen molar-refractivity contribution in [3.63, 3.8) is 0 Å². The SMILES string of the molecule is Cc1ccc(C)c(NC(=O)c2ccc(OC(=O)CCCOc3ccc(C(C)C)cc3)cc2)c1. The van der Waals surface area contributed by atoms with Gasteiger partial charge in [-0.3, -0.25) is 9.59 Å². The highest BCUT2D eigenvalue weighted by molar-refractivity contribution is 6.04. The molecule has 0 spiro atoms. The van der Waals surface area contributed by atoms with Crippen molar-refractivity contribution in [1.82, 2.24) is 0 Å². The number of nitrogens with one attached hydrogen (secondary N) is 1. The van der Waals surface area contributed by atoms with Crippen LogP contribution in [0.1, 0.15) is 59.7 Å². The first kappa shape index (κ1) is 24.1. The summed E-state index contributed by atoms with van der Waals surface area (Å²) in [6.45, 7) is 8.67. The number of carbonyl (C=O) groups excluding carboxylic acids is 2. The Labute approximate surface area is 195 Å². The molecule has 1 amide bonds. The average molecular weight is 446 g/mol. The molecule has 0 fully saturated rings. The van der Waals surface area contributed by atoms with E-state index in [1.165, 1.54) is 5.56 Å². The van der Waals surface area contributed by atoms with Crippen LogP contribution < -0.4 is 14.8 Å². The van der Waals surface area contributed by atoms with E-state index in [0.29, 0.717) is 30.3 Å². The predicted octanol–water partition coefficient (Wildman–Crippen LogP) is 6.44. The van der Waals surface area contributed by atoms with E-state index in [1.54, 1.807) is 24.3 Å². The minimum atomic E-state index is -0.332. The standard InChI is InChI=1S/C28H31NO4/c1-19(2)22-9-13-24(14-10-22)32-17-5-6-27(30)33-25-15-11-23(12-16-25)28(31)29-26-18-20(3)7-8-21(26)4/h7-16,18-19H,5-6,17H2,1-4H3,(H,29,31). The van der Waals surface area contributed by atoms with Gasteiger partial charge in [-0.2, -0.15) is 0 Å². The third-order valence-corrected chi connectivity index (χ3v) is 5.33. The zero-order valence-corrected chi connectivity index (χ0v) is 19.7. The molecule has 0 heterocycles. The number of hydrogen-bond donors (Lipinski definition) is 1. The van der Waals surface area contributed by atoms with Crippen molar-refractivity contribution in [3.05, 3.63) is 89.0 Å². The minimum Gasteiger partial charge on any atom is -0.494 e. The molecule has 33 heavy (non-hydrogen) atoms. The summed E-state index contributed by atoms with van der Waals surface area (Å²) in [4.78, 5) is 24.6. The first-order valence-electron chi connectivity index (χ1n) is 11.2. The quantitative estimate of drug-likeness (QED) is 0.234. The molecule has 172 valence electrons. The number of esters is 1. The molecule has 0 aliphatic heterocycles. The number of aryl methyl sites for hydroxylation is 2. The second kappa shape index (κ2) is 11.3. The molecule has 5 heteroatoms. The summed E-state index contributed by atoms with van der Waals surface area (Å²) >= 11 is 0. The molecule has 0 radical (unpaired) electrons. The van der Waals surface area contributed by atoms with Crippen LogP contribution in [0.25, 0.3) is 0 Å². The van der Waals surface area contributed by atoms with E-state index >= 15 is 0 Å².